The maximum absolute atomic E-state index is 13.2. The number of methoxy groups -OCH3 is 1. The topological polar surface area (TPSA) is 59.4 Å². The van der Waals surface area contributed by atoms with Crippen molar-refractivity contribution in [3.05, 3.63) is 65.4 Å². The van der Waals surface area contributed by atoms with Crippen LogP contribution < -0.4 is 10.1 Å². The number of likely N-dealkylation sites (tertiary alicyclic amines) is 1. The minimum atomic E-state index is -0.111. The monoisotopic (exact) mass is 432 g/mol. The van der Waals surface area contributed by atoms with E-state index >= 15 is 0 Å². The Morgan fingerprint density at radius 2 is 1.75 bits per heavy atom. The van der Waals surface area contributed by atoms with Crippen molar-refractivity contribution in [1.29, 1.82) is 0 Å². The van der Waals surface area contributed by atoms with Crippen LogP contribution in [-0.2, 0) is 0 Å². The molecule has 1 fully saturated rings. The molecule has 4 rings (SSSR count). The average Bonchev–Trinajstić information content (AvgIpc) is 3.27. The Morgan fingerprint density at radius 1 is 1.00 bits per heavy atom. The second kappa shape index (κ2) is 10.0. The lowest BCUT2D eigenvalue weighted by molar-refractivity contribution is 0.0939. The van der Waals surface area contributed by atoms with Crippen molar-refractivity contribution in [3.8, 4) is 22.7 Å². The molecule has 1 N–H and O–H groups in total. The number of amides is 1. The number of aryl methyl sites for hydroxylation is 2. The number of rotatable bonds is 7. The van der Waals surface area contributed by atoms with Gasteiger partial charge in [-0.2, -0.15) is 5.10 Å². The molecule has 1 saturated heterocycles. The molecule has 1 aliphatic rings. The van der Waals surface area contributed by atoms with Crippen molar-refractivity contribution in [1.82, 2.24) is 20.0 Å². The standard InChI is InChI=1S/C26H32N4O2/c1-19-7-8-21(17-20(19)2)24-18-25(26(31)27-13-16-29-14-5-4-6-15-29)30(28-24)22-9-11-23(32-3)12-10-22/h7-12,17-18H,4-6,13-16H2,1-3H3,(H,27,31). The van der Waals surface area contributed by atoms with E-state index in [1.807, 2.05) is 30.3 Å². The first-order valence-corrected chi connectivity index (χ1v) is 11.4. The van der Waals surface area contributed by atoms with Gasteiger partial charge in [0, 0.05) is 18.7 Å². The Bertz CT molecular complexity index is 1070. The summed E-state index contributed by atoms with van der Waals surface area (Å²) in [5.74, 6) is 0.656. The van der Waals surface area contributed by atoms with Gasteiger partial charge in [0.05, 0.1) is 18.5 Å². The highest BCUT2D eigenvalue weighted by Gasteiger charge is 2.18. The molecule has 6 nitrogen and oxygen atoms in total. The number of benzene rings is 2. The van der Waals surface area contributed by atoms with Crippen LogP contribution in [0.25, 0.3) is 16.9 Å². The van der Waals surface area contributed by atoms with Crippen LogP contribution in [0.3, 0.4) is 0 Å². The SMILES string of the molecule is COc1ccc(-n2nc(-c3ccc(C)c(C)c3)cc2C(=O)NCCN2CCCCC2)cc1. The van der Waals surface area contributed by atoms with E-state index in [2.05, 4.69) is 42.3 Å². The summed E-state index contributed by atoms with van der Waals surface area (Å²) < 4.78 is 7.00. The maximum atomic E-state index is 13.2. The molecule has 0 spiro atoms. The van der Waals surface area contributed by atoms with Crippen LogP contribution in [0.15, 0.2) is 48.5 Å². The molecular formula is C26H32N4O2. The van der Waals surface area contributed by atoms with Crippen LogP contribution in [0, 0.1) is 13.8 Å². The van der Waals surface area contributed by atoms with Crippen molar-refractivity contribution in [2.24, 2.45) is 0 Å². The predicted octanol–water partition coefficient (Wildman–Crippen LogP) is 4.38. The van der Waals surface area contributed by atoms with Gasteiger partial charge in [-0.05, 0) is 87.3 Å². The Balaban J connectivity index is 1.59. The van der Waals surface area contributed by atoms with Gasteiger partial charge in [0.15, 0.2) is 0 Å². The van der Waals surface area contributed by atoms with Gasteiger partial charge in [0.25, 0.3) is 5.91 Å². The van der Waals surface area contributed by atoms with Gasteiger partial charge in [-0.25, -0.2) is 4.68 Å². The van der Waals surface area contributed by atoms with Crippen LogP contribution in [0.1, 0.15) is 40.9 Å². The van der Waals surface area contributed by atoms with Crippen molar-refractivity contribution >= 4 is 5.91 Å². The van der Waals surface area contributed by atoms with Gasteiger partial charge in [0.2, 0.25) is 0 Å². The van der Waals surface area contributed by atoms with E-state index < -0.39 is 0 Å². The number of carbonyl (C=O) groups is 1. The van der Waals surface area contributed by atoms with Crippen LogP contribution >= 0.6 is 0 Å². The first-order valence-electron chi connectivity index (χ1n) is 11.4. The third kappa shape index (κ3) is 5.02. The fraction of sp³-hybridized carbons (Fsp3) is 0.385. The second-order valence-corrected chi connectivity index (χ2v) is 8.48. The van der Waals surface area contributed by atoms with Crippen molar-refractivity contribution in [2.75, 3.05) is 33.3 Å². The summed E-state index contributed by atoms with van der Waals surface area (Å²) in [6, 6.07) is 15.7. The van der Waals surface area contributed by atoms with Crippen LogP contribution in [-0.4, -0.2) is 53.9 Å². The number of hydrogen-bond donors (Lipinski definition) is 1. The van der Waals surface area contributed by atoms with E-state index in [1.54, 1.807) is 11.8 Å². The summed E-state index contributed by atoms with van der Waals surface area (Å²) in [5, 5.41) is 7.90. The van der Waals surface area contributed by atoms with E-state index in [1.165, 1.54) is 30.4 Å². The second-order valence-electron chi connectivity index (χ2n) is 8.48. The summed E-state index contributed by atoms with van der Waals surface area (Å²) in [5.41, 5.74) is 5.57. The Hall–Kier alpha value is -3.12. The number of piperidine rings is 1. The fourth-order valence-electron chi connectivity index (χ4n) is 4.11. The summed E-state index contributed by atoms with van der Waals surface area (Å²) >= 11 is 0. The van der Waals surface area contributed by atoms with Crippen LogP contribution in [0.5, 0.6) is 5.75 Å². The molecule has 1 aliphatic heterocycles. The van der Waals surface area contributed by atoms with E-state index in [0.717, 1.165) is 42.3 Å². The number of nitrogens with one attached hydrogen (secondary N) is 1. The Kier molecular flexibility index (Phi) is 6.90. The zero-order valence-electron chi connectivity index (χ0n) is 19.2. The maximum Gasteiger partial charge on any atom is 0.270 e. The molecule has 0 aliphatic carbocycles. The minimum absolute atomic E-state index is 0.111. The normalized spacial score (nSPS) is 14.3. The number of hydrogen-bond acceptors (Lipinski definition) is 4. The molecule has 0 atom stereocenters. The Morgan fingerprint density at radius 3 is 2.44 bits per heavy atom. The Labute approximate surface area is 190 Å². The molecule has 0 bridgehead atoms. The van der Waals surface area contributed by atoms with Gasteiger partial charge in [-0.15, -0.1) is 0 Å². The van der Waals surface area contributed by atoms with Gasteiger partial charge >= 0.3 is 0 Å². The van der Waals surface area contributed by atoms with Gasteiger partial charge in [-0.1, -0.05) is 18.6 Å². The summed E-state index contributed by atoms with van der Waals surface area (Å²) in [4.78, 5) is 15.6. The molecule has 3 aromatic rings. The van der Waals surface area contributed by atoms with Crippen molar-refractivity contribution in [3.63, 3.8) is 0 Å². The lowest BCUT2D eigenvalue weighted by Gasteiger charge is -2.26. The van der Waals surface area contributed by atoms with E-state index in [4.69, 9.17) is 9.84 Å². The zero-order chi connectivity index (χ0) is 22.5. The number of carbonyl (C=O) groups excluding carboxylic acids is 1. The van der Waals surface area contributed by atoms with E-state index in [9.17, 15) is 4.79 Å². The smallest absolute Gasteiger partial charge is 0.270 e. The quantitative estimate of drug-likeness (QED) is 0.602. The molecule has 32 heavy (non-hydrogen) atoms. The fourth-order valence-corrected chi connectivity index (χ4v) is 4.11. The lowest BCUT2D eigenvalue weighted by Crippen LogP contribution is -2.38. The minimum Gasteiger partial charge on any atom is -0.497 e. The van der Waals surface area contributed by atoms with Gasteiger partial charge < -0.3 is 15.0 Å². The molecular weight excluding hydrogens is 400 g/mol. The number of nitrogens with zero attached hydrogens (tertiary/aromatic N) is 3. The molecule has 1 amide bonds. The zero-order valence-corrected chi connectivity index (χ0v) is 19.2. The molecule has 168 valence electrons. The lowest BCUT2D eigenvalue weighted by atomic mass is 10.0. The molecule has 6 heteroatoms. The first kappa shape index (κ1) is 22.1. The third-order valence-electron chi connectivity index (χ3n) is 6.22. The van der Waals surface area contributed by atoms with Crippen molar-refractivity contribution in [2.45, 2.75) is 33.1 Å². The average molecular weight is 433 g/mol. The largest absolute Gasteiger partial charge is 0.497 e. The molecule has 1 aromatic heterocycles. The highest BCUT2D eigenvalue weighted by atomic mass is 16.5. The van der Waals surface area contributed by atoms with Gasteiger partial charge in [-0.3, -0.25) is 4.79 Å². The number of ether oxygens (including phenoxy) is 1. The van der Waals surface area contributed by atoms with E-state index in [-0.39, 0.29) is 5.91 Å². The molecule has 0 radical (unpaired) electrons. The highest BCUT2D eigenvalue weighted by Crippen LogP contribution is 2.25. The predicted molar refractivity (Wildman–Crippen MR) is 128 cm³/mol. The molecule has 0 unspecified atom stereocenters. The summed E-state index contributed by atoms with van der Waals surface area (Å²) in [6.45, 7) is 7.94. The first-order chi connectivity index (χ1) is 15.5. The van der Waals surface area contributed by atoms with E-state index in [0.29, 0.717) is 12.2 Å². The molecule has 2 heterocycles. The highest BCUT2D eigenvalue weighted by molar-refractivity contribution is 5.94. The summed E-state index contributed by atoms with van der Waals surface area (Å²) in [6.07, 6.45) is 3.81. The molecule has 2 aromatic carbocycles. The van der Waals surface area contributed by atoms with Crippen LogP contribution in [0.4, 0.5) is 0 Å². The molecule has 0 saturated carbocycles. The number of aromatic nitrogens is 2. The summed E-state index contributed by atoms with van der Waals surface area (Å²) in [7, 11) is 1.64. The van der Waals surface area contributed by atoms with Gasteiger partial charge in [0.1, 0.15) is 11.4 Å². The van der Waals surface area contributed by atoms with Crippen molar-refractivity contribution < 1.29 is 9.53 Å². The third-order valence-corrected chi connectivity index (χ3v) is 6.22. The van der Waals surface area contributed by atoms with Crippen LogP contribution in [0.2, 0.25) is 0 Å².